The number of carbonyl (C=O) groups excluding carboxylic acids is 2. The van der Waals surface area contributed by atoms with Crippen molar-refractivity contribution in [2.75, 3.05) is 23.6 Å². The van der Waals surface area contributed by atoms with Gasteiger partial charge in [0.25, 0.3) is 11.8 Å². The van der Waals surface area contributed by atoms with Crippen LogP contribution in [0.5, 0.6) is 0 Å². The van der Waals surface area contributed by atoms with Gasteiger partial charge in [-0.05, 0) is 77.9 Å². The summed E-state index contributed by atoms with van der Waals surface area (Å²) in [4.78, 5) is 31.5. The molecule has 4 aromatic carbocycles. The van der Waals surface area contributed by atoms with E-state index in [1.54, 1.807) is 16.6 Å². The van der Waals surface area contributed by atoms with E-state index >= 15 is 0 Å². The maximum absolute atomic E-state index is 14.4. The number of carbonyl (C=O) groups is 2. The van der Waals surface area contributed by atoms with Gasteiger partial charge in [-0.2, -0.15) is 5.10 Å². The minimum Gasteiger partial charge on any atom is -0.373 e. The van der Waals surface area contributed by atoms with E-state index < -0.39 is 6.23 Å². The second kappa shape index (κ2) is 16.4. The van der Waals surface area contributed by atoms with Crippen LogP contribution in [0.2, 0.25) is 0 Å². The number of aliphatic hydroxyl groups is 1. The second-order valence-corrected chi connectivity index (χ2v) is 13.9. The van der Waals surface area contributed by atoms with Gasteiger partial charge in [0.15, 0.2) is 5.69 Å². The van der Waals surface area contributed by atoms with Gasteiger partial charge in [-0.1, -0.05) is 105 Å². The molecular formula is C41H47N5O3S. The van der Waals surface area contributed by atoms with Gasteiger partial charge in [0.2, 0.25) is 0 Å². The highest BCUT2D eigenvalue weighted by atomic mass is 32.2. The summed E-state index contributed by atoms with van der Waals surface area (Å²) in [5.74, 6) is 0.448. The fourth-order valence-corrected chi connectivity index (χ4v) is 7.35. The average Bonchev–Trinajstić information content (AvgIpc) is 3.53. The number of aromatic nitrogens is 2. The molecule has 2 amide bonds. The lowest BCUT2D eigenvalue weighted by molar-refractivity contribution is -0.00172. The molecule has 2 heterocycles. The molecule has 0 bridgehead atoms. The van der Waals surface area contributed by atoms with Crippen molar-refractivity contribution >= 4 is 40.2 Å². The Bertz CT molecular complexity index is 1940. The number of amides is 2. The minimum absolute atomic E-state index is 0.0921. The number of fused-ring (bicyclic) bond motifs is 2. The molecule has 1 aliphatic heterocycles. The molecule has 0 saturated heterocycles. The predicted molar refractivity (Wildman–Crippen MR) is 204 cm³/mol. The molecule has 1 aromatic heterocycles. The molecule has 1 atom stereocenters. The van der Waals surface area contributed by atoms with Crippen LogP contribution in [0, 0.1) is 6.92 Å². The summed E-state index contributed by atoms with van der Waals surface area (Å²) in [5.41, 5.74) is 6.23. The first-order valence-corrected chi connectivity index (χ1v) is 18.8. The molecule has 0 unspecified atom stereocenters. The standard InChI is InChI=1S/C41H47N5O3S/c1-4-6-22-44(23-7-5-2)41(49)37-25-29(3)46(42-37)38-20-19-34(43-50-24-21-31-17-12-16-30-13-10-11-18-35(30)31)27-36(38)40(48)45-28-33-15-9-8-14-32(33)26-39(45)47/h8-20,25,27,39,43,47H,4-7,21-24,26,28H2,1-3H3/t39-/m1/s1. The van der Waals surface area contributed by atoms with Crippen molar-refractivity contribution in [2.24, 2.45) is 0 Å². The number of anilines is 1. The van der Waals surface area contributed by atoms with Crippen molar-refractivity contribution in [3.05, 3.63) is 125 Å². The molecule has 0 radical (unpaired) electrons. The highest BCUT2D eigenvalue weighted by Crippen LogP contribution is 2.29. The first-order valence-electron chi connectivity index (χ1n) is 17.8. The zero-order chi connectivity index (χ0) is 35.0. The van der Waals surface area contributed by atoms with Crippen LogP contribution in [0.15, 0.2) is 91.0 Å². The summed E-state index contributed by atoms with van der Waals surface area (Å²) in [7, 11) is 0. The van der Waals surface area contributed by atoms with E-state index in [1.807, 2.05) is 60.4 Å². The third kappa shape index (κ3) is 7.90. The smallest absolute Gasteiger partial charge is 0.274 e. The normalized spacial score (nSPS) is 14.1. The van der Waals surface area contributed by atoms with E-state index in [1.165, 1.54) is 21.2 Å². The number of hydrogen-bond donors (Lipinski definition) is 2. The van der Waals surface area contributed by atoms with Gasteiger partial charge in [-0.3, -0.25) is 9.59 Å². The molecule has 0 fully saturated rings. The molecule has 0 aliphatic carbocycles. The fourth-order valence-electron chi connectivity index (χ4n) is 6.63. The van der Waals surface area contributed by atoms with E-state index in [0.29, 0.717) is 43.0 Å². The Kier molecular flexibility index (Phi) is 11.6. The molecular weight excluding hydrogens is 643 g/mol. The SMILES string of the molecule is CCCCN(CCCC)C(=O)c1cc(C)n(-c2ccc(NSCCc3cccc4ccccc34)cc2C(=O)N2Cc3ccccc3C[C@H]2O)n1. The zero-order valence-electron chi connectivity index (χ0n) is 29.3. The molecule has 6 rings (SSSR count). The van der Waals surface area contributed by atoms with E-state index in [2.05, 4.69) is 61.0 Å². The Balaban J connectivity index is 1.28. The Morgan fingerprint density at radius 2 is 1.64 bits per heavy atom. The van der Waals surface area contributed by atoms with Crippen LogP contribution in [0.1, 0.15) is 82.8 Å². The van der Waals surface area contributed by atoms with Crippen molar-refractivity contribution in [1.82, 2.24) is 19.6 Å². The Hall–Kier alpha value is -4.60. The molecule has 50 heavy (non-hydrogen) atoms. The summed E-state index contributed by atoms with van der Waals surface area (Å²) < 4.78 is 5.15. The van der Waals surface area contributed by atoms with Gasteiger partial charge >= 0.3 is 0 Å². The van der Waals surface area contributed by atoms with E-state index in [9.17, 15) is 14.7 Å². The van der Waals surface area contributed by atoms with E-state index in [4.69, 9.17) is 5.10 Å². The highest BCUT2D eigenvalue weighted by molar-refractivity contribution is 8.00. The first kappa shape index (κ1) is 35.2. The number of aryl methyl sites for hydroxylation is 2. The Labute approximate surface area is 299 Å². The van der Waals surface area contributed by atoms with Crippen LogP contribution >= 0.6 is 11.9 Å². The Morgan fingerprint density at radius 1 is 0.920 bits per heavy atom. The highest BCUT2D eigenvalue weighted by Gasteiger charge is 2.31. The number of rotatable bonds is 14. The molecule has 0 saturated carbocycles. The summed E-state index contributed by atoms with van der Waals surface area (Å²) in [6, 6.07) is 30.2. The summed E-state index contributed by atoms with van der Waals surface area (Å²) in [5, 5.41) is 18.5. The average molecular weight is 690 g/mol. The van der Waals surface area contributed by atoms with Crippen molar-refractivity contribution in [3.63, 3.8) is 0 Å². The van der Waals surface area contributed by atoms with Gasteiger partial charge in [0, 0.05) is 43.2 Å². The first-order chi connectivity index (χ1) is 24.4. The van der Waals surface area contributed by atoms with Crippen LogP contribution in [0.3, 0.4) is 0 Å². The molecule has 0 spiro atoms. The monoisotopic (exact) mass is 689 g/mol. The van der Waals surface area contributed by atoms with Crippen LogP contribution in [-0.2, 0) is 19.4 Å². The van der Waals surface area contributed by atoms with Gasteiger partial charge in [-0.25, -0.2) is 4.68 Å². The number of unbranched alkanes of at least 4 members (excludes halogenated alkanes) is 2. The van der Waals surface area contributed by atoms with Crippen molar-refractivity contribution < 1.29 is 14.7 Å². The van der Waals surface area contributed by atoms with Gasteiger partial charge in [0.1, 0.15) is 6.23 Å². The number of hydrogen-bond acceptors (Lipinski definition) is 6. The quantitative estimate of drug-likeness (QED) is 0.0903. The molecule has 1 aliphatic rings. The molecule has 8 nitrogen and oxygen atoms in total. The number of aliphatic hydroxyl groups excluding tert-OH is 1. The number of nitrogens with one attached hydrogen (secondary N) is 1. The van der Waals surface area contributed by atoms with Crippen LogP contribution in [0.25, 0.3) is 16.5 Å². The lowest BCUT2D eigenvalue weighted by atomic mass is 9.97. The molecule has 5 aromatic rings. The molecule has 260 valence electrons. The molecule has 2 N–H and O–H groups in total. The van der Waals surface area contributed by atoms with Crippen molar-refractivity contribution in [1.29, 1.82) is 0 Å². The molecule has 9 heteroatoms. The van der Waals surface area contributed by atoms with Crippen LogP contribution < -0.4 is 4.72 Å². The number of benzene rings is 4. The van der Waals surface area contributed by atoms with Crippen LogP contribution in [-0.4, -0.2) is 61.6 Å². The van der Waals surface area contributed by atoms with Gasteiger partial charge in [-0.15, -0.1) is 0 Å². The van der Waals surface area contributed by atoms with Crippen LogP contribution in [0.4, 0.5) is 5.69 Å². The summed E-state index contributed by atoms with van der Waals surface area (Å²) >= 11 is 1.59. The van der Waals surface area contributed by atoms with E-state index in [0.717, 1.165) is 60.4 Å². The largest absolute Gasteiger partial charge is 0.373 e. The lowest BCUT2D eigenvalue weighted by Gasteiger charge is -2.34. The zero-order valence-corrected chi connectivity index (χ0v) is 30.1. The topological polar surface area (TPSA) is 90.7 Å². The second-order valence-electron chi connectivity index (χ2n) is 13.0. The summed E-state index contributed by atoms with van der Waals surface area (Å²) in [6.07, 6.45) is 4.17. The predicted octanol–water partition coefficient (Wildman–Crippen LogP) is 8.20. The lowest BCUT2D eigenvalue weighted by Crippen LogP contribution is -2.44. The maximum Gasteiger partial charge on any atom is 0.274 e. The van der Waals surface area contributed by atoms with Gasteiger partial charge < -0.3 is 19.6 Å². The number of nitrogens with zero attached hydrogens (tertiary/aromatic N) is 4. The van der Waals surface area contributed by atoms with E-state index in [-0.39, 0.29) is 11.8 Å². The summed E-state index contributed by atoms with van der Waals surface area (Å²) in [6.45, 7) is 7.84. The third-order valence-corrected chi connectivity index (χ3v) is 10.2. The van der Waals surface area contributed by atoms with Crippen molar-refractivity contribution in [2.45, 2.75) is 72.1 Å². The fraction of sp³-hybridized carbons (Fsp3) is 0.341. The Morgan fingerprint density at radius 3 is 2.42 bits per heavy atom. The van der Waals surface area contributed by atoms with Gasteiger partial charge in [0.05, 0.1) is 11.3 Å². The van der Waals surface area contributed by atoms with Crippen molar-refractivity contribution in [3.8, 4) is 5.69 Å². The third-order valence-electron chi connectivity index (χ3n) is 9.44. The maximum atomic E-state index is 14.4. The minimum atomic E-state index is -0.960.